The molecule has 1 aromatic heterocycles. The van der Waals surface area contributed by atoms with Crippen LogP contribution in [0.1, 0.15) is 110 Å². The number of hydrogen-bond acceptors (Lipinski definition) is 19. The molecule has 88 heavy (non-hydrogen) atoms. The smallest absolute Gasteiger partial charge is 0.328 e. The van der Waals surface area contributed by atoms with Gasteiger partial charge in [0.05, 0.1) is 25.4 Å². The number of aliphatic imine (C=N–C) groups is 1. The predicted molar refractivity (Wildman–Crippen MR) is 332 cm³/mol. The monoisotopic (exact) mass is 1260 g/mol. The van der Waals surface area contributed by atoms with Gasteiger partial charge in [0.25, 0.3) is 0 Å². The van der Waals surface area contributed by atoms with E-state index >= 15 is 0 Å². The number of carboxylic acids is 1. The minimum atomic E-state index is -1.77. The first-order chi connectivity index (χ1) is 41.9. The van der Waals surface area contributed by atoms with Crippen molar-refractivity contribution in [3.8, 4) is 0 Å². The Morgan fingerprint density at radius 1 is 0.557 bits per heavy atom. The number of amides is 9. The molecular formula is C56H97N17O14S. The molecule has 1 aromatic carbocycles. The molecule has 2 rings (SSSR count). The number of nitrogens with two attached hydrogens (primary N) is 6. The summed E-state index contributed by atoms with van der Waals surface area (Å²) in [6.45, 7) is 3.23. The topological polar surface area (TPSA) is 544 Å². The molecule has 0 unspecified atom stereocenters. The van der Waals surface area contributed by atoms with E-state index < -0.39 is 145 Å². The number of aromatic nitrogens is 1. The van der Waals surface area contributed by atoms with E-state index in [1.807, 2.05) is 11.6 Å². The molecular weight excluding hydrogens is 1170 g/mol. The number of guanidine groups is 1. The van der Waals surface area contributed by atoms with Crippen molar-refractivity contribution in [3.05, 3.63) is 36.0 Å². The molecule has 26 N–H and O–H groups in total. The summed E-state index contributed by atoms with van der Waals surface area (Å²) >= 11 is 1.50. The number of aromatic amines is 1. The van der Waals surface area contributed by atoms with Crippen molar-refractivity contribution in [3.63, 3.8) is 0 Å². The summed E-state index contributed by atoms with van der Waals surface area (Å²) in [5.41, 5.74) is 35.7. The summed E-state index contributed by atoms with van der Waals surface area (Å²) in [5, 5.41) is 63.6. The van der Waals surface area contributed by atoms with Crippen molar-refractivity contribution in [1.82, 2.24) is 52.8 Å². The van der Waals surface area contributed by atoms with Gasteiger partial charge in [-0.1, -0.05) is 38.5 Å². The lowest BCUT2D eigenvalue weighted by Gasteiger charge is -2.30. The average molecular weight is 1260 g/mol. The number of aliphatic hydroxyl groups excluding tert-OH is 3. The summed E-state index contributed by atoms with van der Waals surface area (Å²) in [7, 11) is 0. The third-order valence-corrected chi connectivity index (χ3v) is 15.1. The molecule has 0 radical (unpaired) electrons. The van der Waals surface area contributed by atoms with Crippen molar-refractivity contribution >= 4 is 87.8 Å². The zero-order valence-electron chi connectivity index (χ0n) is 50.9. The predicted octanol–water partition coefficient (Wildman–Crippen LogP) is -4.91. The van der Waals surface area contributed by atoms with E-state index in [0.29, 0.717) is 67.3 Å². The first-order valence-electron chi connectivity index (χ1n) is 29.7. The highest BCUT2D eigenvalue weighted by Crippen LogP contribution is 2.20. The lowest BCUT2D eigenvalue weighted by Crippen LogP contribution is -2.62. The fourth-order valence-corrected chi connectivity index (χ4v) is 9.54. The number of carbonyl (C=O) groups excluding carboxylic acids is 9. The van der Waals surface area contributed by atoms with Gasteiger partial charge in [-0.25, -0.2) is 4.79 Å². The lowest BCUT2D eigenvalue weighted by molar-refractivity contribution is -0.144. The van der Waals surface area contributed by atoms with Crippen LogP contribution in [-0.2, 0) is 54.4 Å². The first-order valence-corrected chi connectivity index (χ1v) is 31.1. The van der Waals surface area contributed by atoms with Crippen LogP contribution in [0.3, 0.4) is 0 Å². The maximum absolute atomic E-state index is 14.8. The van der Waals surface area contributed by atoms with Crippen molar-refractivity contribution in [2.75, 3.05) is 51.4 Å². The molecule has 0 bridgehead atoms. The highest BCUT2D eigenvalue weighted by atomic mass is 32.2. The molecule has 9 amide bonds. The SMILES string of the molecule is CC[C@H](C)[C@H](NC(=O)[C@H](CCCN=C(N)N)NC(=O)[C@H](CCCCN)NC(=O)[C@H](Cc1c[nH]c2ccccc12)NC(=O)[C@H](CO)NC(=O)[C@H](CCCCN)NC(=O)[C@H](CCCCN)NC(=O)[C@@H](N)CCSC)C(=O)N[C@H](C(=O)N[C@@H](CO)C(=O)O)[C@@H](C)O. The molecule has 2 aromatic rings. The second-order valence-corrected chi connectivity index (χ2v) is 22.5. The number of nitrogens with zero attached hydrogens (tertiary/aromatic N) is 1. The summed E-state index contributed by atoms with van der Waals surface area (Å²) in [5.74, 6) is -9.93. The zero-order chi connectivity index (χ0) is 65.9. The second kappa shape index (κ2) is 41.9. The highest BCUT2D eigenvalue weighted by Gasteiger charge is 2.37. The largest absolute Gasteiger partial charge is 0.480 e. The van der Waals surface area contributed by atoms with Crippen molar-refractivity contribution in [2.45, 2.75) is 177 Å². The van der Waals surface area contributed by atoms with Crippen molar-refractivity contribution < 1.29 is 68.4 Å². The van der Waals surface area contributed by atoms with Crippen molar-refractivity contribution in [1.29, 1.82) is 0 Å². The number of unbranched alkanes of at least 4 members (excludes halogenated alkanes) is 3. The van der Waals surface area contributed by atoms with Crippen LogP contribution < -0.4 is 82.3 Å². The molecule has 0 fully saturated rings. The zero-order valence-corrected chi connectivity index (χ0v) is 51.7. The number of aliphatic hydroxyl groups is 3. The van der Waals surface area contributed by atoms with E-state index in [1.165, 1.54) is 11.8 Å². The van der Waals surface area contributed by atoms with Crippen LogP contribution in [0.5, 0.6) is 0 Å². The van der Waals surface area contributed by atoms with E-state index in [2.05, 4.69) is 52.5 Å². The van der Waals surface area contributed by atoms with Gasteiger partial charge in [-0.15, -0.1) is 0 Å². The standard InChI is InChI=1S/C56H97N17O14S/c1-5-31(2)44(53(84)73-45(32(3)76)54(85)71-43(30-75)55(86)87)72-50(81)40(20-14-25-63-56(61)62)67-48(79)38(18-9-12-23-58)68-51(82)41(27-33-28-64-36-16-7-6-15-34(33)36)69-52(83)42(29-74)70-49(80)39(19-10-13-24-59)66-47(78)37(17-8-11-22-57)65-46(77)35(60)21-26-88-4/h6-7,15-16,28,31-32,35,37-45,64,74-76H,5,8-14,17-27,29-30,57-60H2,1-4H3,(H,65,77)(H,66,78)(H,67,79)(H,68,82)(H,69,83)(H,70,80)(H,71,85)(H,72,81)(H,73,84)(H,86,87)(H4,61,62,63)/t31-,32+,35-,37-,38-,39-,40-,41-,42-,43-,44-,45-/m0/s1. The lowest BCUT2D eigenvalue weighted by atomic mass is 9.96. The van der Waals surface area contributed by atoms with Crippen LogP contribution in [-0.4, -0.2) is 208 Å². The number of thioether (sulfide) groups is 1. The van der Waals surface area contributed by atoms with Gasteiger partial charge in [0.15, 0.2) is 5.96 Å². The second-order valence-electron chi connectivity index (χ2n) is 21.5. The normalized spacial score (nSPS) is 15.4. The number of H-pyrrole nitrogens is 1. The molecule has 12 atom stereocenters. The van der Waals surface area contributed by atoms with E-state index in [4.69, 9.17) is 34.4 Å². The van der Waals surface area contributed by atoms with Crippen LogP contribution in [0.4, 0.5) is 0 Å². The fraction of sp³-hybridized carbons (Fsp3) is 0.661. The fourth-order valence-electron chi connectivity index (χ4n) is 9.05. The van der Waals surface area contributed by atoms with Crippen LogP contribution in [0.2, 0.25) is 0 Å². The van der Waals surface area contributed by atoms with Gasteiger partial charge in [-0.2, -0.15) is 11.8 Å². The van der Waals surface area contributed by atoms with Crippen molar-refractivity contribution in [2.24, 2.45) is 45.3 Å². The minimum Gasteiger partial charge on any atom is -0.480 e. The Kier molecular flexibility index (Phi) is 36.6. The van der Waals surface area contributed by atoms with Gasteiger partial charge in [0.2, 0.25) is 53.2 Å². The molecule has 0 aliphatic carbocycles. The van der Waals surface area contributed by atoms with E-state index in [9.17, 15) is 68.4 Å². The van der Waals surface area contributed by atoms with Gasteiger partial charge in [0, 0.05) is 30.1 Å². The summed E-state index contributed by atoms with van der Waals surface area (Å²) in [4.78, 5) is 145. The van der Waals surface area contributed by atoms with Crippen LogP contribution >= 0.6 is 11.8 Å². The molecule has 0 spiro atoms. The number of nitrogens with one attached hydrogen (secondary N) is 10. The molecule has 32 heteroatoms. The Labute approximate surface area is 517 Å². The van der Waals surface area contributed by atoms with Crippen LogP contribution in [0, 0.1) is 5.92 Å². The van der Waals surface area contributed by atoms with Crippen LogP contribution in [0.25, 0.3) is 10.9 Å². The Morgan fingerprint density at radius 2 is 0.977 bits per heavy atom. The number of aliphatic carboxylic acids is 1. The Bertz CT molecular complexity index is 2570. The maximum atomic E-state index is 14.8. The summed E-state index contributed by atoms with van der Waals surface area (Å²) in [6, 6.07) is -7.31. The Hall–Kier alpha value is -7.20. The molecule has 0 aliphatic rings. The molecule has 0 aliphatic heterocycles. The van der Waals surface area contributed by atoms with Gasteiger partial charge < -0.3 is 108 Å². The summed E-state index contributed by atoms with van der Waals surface area (Å²) in [6.07, 6.45) is 4.81. The number of benzene rings is 1. The quantitative estimate of drug-likeness (QED) is 0.0168. The molecule has 0 saturated carbocycles. The van der Waals surface area contributed by atoms with Gasteiger partial charge in [-0.05, 0) is 133 Å². The third-order valence-electron chi connectivity index (χ3n) is 14.5. The minimum absolute atomic E-state index is 0.0115. The Balaban J connectivity index is 2.59. The number of carboxylic acid groups (broad SMARTS) is 1. The van der Waals surface area contributed by atoms with Gasteiger partial charge >= 0.3 is 5.97 Å². The number of fused-ring (bicyclic) bond motifs is 1. The maximum Gasteiger partial charge on any atom is 0.328 e. The average Bonchev–Trinajstić information content (AvgIpc) is 4.17. The van der Waals surface area contributed by atoms with Crippen LogP contribution in [0.15, 0.2) is 35.5 Å². The van der Waals surface area contributed by atoms with E-state index in [-0.39, 0.29) is 77.0 Å². The van der Waals surface area contributed by atoms with Gasteiger partial charge in [0.1, 0.15) is 54.4 Å². The third kappa shape index (κ3) is 27.0. The highest BCUT2D eigenvalue weighted by molar-refractivity contribution is 7.98. The molecule has 0 saturated heterocycles. The van der Waals surface area contributed by atoms with E-state index in [0.717, 1.165) is 6.92 Å². The molecule has 1 heterocycles. The number of hydrogen-bond donors (Lipinski definition) is 20. The van der Waals surface area contributed by atoms with E-state index in [1.54, 1.807) is 44.3 Å². The van der Waals surface area contributed by atoms with Gasteiger partial charge in [-0.3, -0.25) is 48.1 Å². The first kappa shape index (κ1) is 76.9. The number of rotatable bonds is 45. The number of carbonyl (C=O) groups is 10. The summed E-state index contributed by atoms with van der Waals surface area (Å²) < 4.78 is 0. The number of para-hydroxylation sites is 1. The molecule has 496 valence electrons. The molecule has 31 nitrogen and oxygen atoms in total. The Morgan fingerprint density at radius 3 is 1.44 bits per heavy atom.